The van der Waals surface area contributed by atoms with E-state index in [2.05, 4.69) is 6.58 Å². The molecular weight excluding hydrogens is 152 g/mol. The van der Waals surface area contributed by atoms with Gasteiger partial charge in [0.05, 0.1) is 12.7 Å². The molecule has 0 bridgehead atoms. The van der Waals surface area contributed by atoms with Crippen LogP contribution in [0.1, 0.15) is 32.6 Å². The van der Waals surface area contributed by atoms with Crippen LogP contribution in [0, 0.1) is 0 Å². The number of hydrogen-bond donors (Lipinski definition) is 1. The van der Waals surface area contributed by atoms with E-state index in [0.717, 1.165) is 6.42 Å². The van der Waals surface area contributed by atoms with E-state index in [1.54, 1.807) is 6.08 Å². The zero-order chi connectivity index (χ0) is 9.03. The van der Waals surface area contributed by atoms with Gasteiger partial charge in [-0.05, 0) is 19.8 Å². The van der Waals surface area contributed by atoms with E-state index in [0.29, 0.717) is 6.10 Å². The number of rotatable bonds is 1. The molecule has 1 aliphatic heterocycles. The van der Waals surface area contributed by atoms with Crippen molar-refractivity contribution in [2.75, 3.05) is 6.61 Å². The van der Waals surface area contributed by atoms with Crippen LogP contribution in [0.5, 0.6) is 0 Å². The first kappa shape index (κ1) is 9.75. The van der Waals surface area contributed by atoms with Crippen LogP contribution in [0.3, 0.4) is 0 Å². The molecule has 1 heterocycles. The van der Waals surface area contributed by atoms with Gasteiger partial charge in [0.25, 0.3) is 0 Å². The molecule has 2 rings (SSSR count). The Morgan fingerprint density at radius 1 is 1.67 bits per heavy atom. The molecule has 2 nitrogen and oxygen atoms in total. The van der Waals surface area contributed by atoms with Gasteiger partial charge in [-0.25, -0.2) is 0 Å². The normalized spacial score (nSPS) is 37.3. The van der Waals surface area contributed by atoms with E-state index in [9.17, 15) is 0 Å². The molecule has 0 spiro atoms. The Morgan fingerprint density at radius 2 is 2.33 bits per heavy atom. The van der Waals surface area contributed by atoms with Crippen molar-refractivity contribution in [3.63, 3.8) is 0 Å². The SMILES string of the molecule is C=CC.OCC12CCCCC1O2. The Kier molecular flexibility index (Phi) is 3.29. The third-order valence-electron chi connectivity index (χ3n) is 2.49. The van der Waals surface area contributed by atoms with Gasteiger partial charge in [-0.1, -0.05) is 18.9 Å². The lowest BCUT2D eigenvalue weighted by molar-refractivity contribution is 0.163. The minimum absolute atomic E-state index is 0.0573. The summed E-state index contributed by atoms with van der Waals surface area (Å²) in [7, 11) is 0. The highest BCUT2D eigenvalue weighted by molar-refractivity contribution is 5.04. The van der Waals surface area contributed by atoms with E-state index in [1.165, 1.54) is 19.3 Å². The summed E-state index contributed by atoms with van der Waals surface area (Å²) in [6.45, 7) is 5.48. The van der Waals surface area contributed by atoms with Crippen LogP contribution >= 0.6 is 0 Å². The van der Waals surface area contributed by atoms with Crippen LogP contribution in [0.15, 0.2) is 12.7 Å². The number of aliphatic hydroxyl groups is 1. The molecule has 1 saturated heterocycles. The largest absolute Gasteiger partial charge is 0.393 e. The lowest BCUT2D eigenvalue weighted by atomic mass is 9.90. The van der Waals surface area contributed by atoms with E-state index < -0.39 is 0 Å². The second-order valence-electron chi connectivity index (χ2n) is 3.48. The summed E-state index contributed by atoms with van der Waals surface area (Å²) in [4.78, 5) is 0. The number of allylic oxidation sites excluding steroid dienone is 1. The summed E-state index contributed by atoms with van der Waals surface area (Å²) in [6.07, 6.45) is 6.93. The maximum atomic E-state index is 8.87. The highest BCUT2D eigenvalue weighted by Crippen LogP contribution is 2.47. The second-order valence-corrected chi connectivity index (χ2v) is 3.48. The summed E-state index contributed by atoms with van der Waals surface area (Å²) in [6, 6.07) is 0. The molecular formula is C10H18O2. The molecule has 2 fully saturated rings. The van der Waals surface area contributed by atoms with Crippen LogP contribution in [-0.2, 0) is 4.74 Å². The van der Waals surface area contributed by atoms with Crippen LogP contribution in [0.2, 0.25) is 0 Å². The highest BCUT2D eigenvalue weighted by atomic mass is 16.6. The fraction of sp³-hybridized carbons (Fsp3) is 0.800. The Balaban J connectivity index is 0.000000213. The van der Waals surface area contributed by atoms with Gasteiger partial charge in [0.1, 0.15) is 5.60 Å². The topological polar surface area (TPSA) is 32.8 Å². The van der Waals surface area contributed by atoms with Gasteiger partial charge in [0, 0.05) is 0 Å². The van der Waals surface area contributed by atoms with Crippen LogP contribution in [0.4, 0.5) is 0 Å². The Hall–Kier alpha value is -0.340. The summed E-state index contributed by atoms with van der Waals surface area (Å²) < 4.78 is 5.36. The molecule has 1 N–H and O–H groups in total. The molecule has 0 aromatic rings. The van der Waals surface area contributed by atoms with Crippen molar-refractivity contribution in [3.8, 4) is 0 Å². The van der Waals surface area contributed by atoms with Crippen molar-refractivity contribution in [1.82, 2.24) is 0 Å². The summed E-state index contributed by atoms with van der Waals surface area (Å²) in [5.41, 5.74) is -0.0573. The molecule has 70 valence electrons. The molecule has 1 saturated carbocycles. The van der Waals surface area contributed by atoms with Crippen molar-refractivity contribution >= 4 is 0 Å². The average molecular weight is 170 g/mol. The zero-order valence-electron chi connectivity index (χ0n) is 7.75. The van der Waals surface area contributed by atoms with Crippen LogP contribution in [-0.4, -0.2) is 23.4 Å². The van der Waals surface area contributed by atoms with Gasteiger partial charge < -0.3 is 9.84 Å². The van der Waals surface area contributed by atoms with Gasteiger partial charge in [-0.2, -0.15) is 0 Å². The zero-order valence-corrected chi connectivity index (χ0v) is 7.75. The van der Waals surface area contributed by atoms with E-state index in [1.807, 2.05) is 6.92 Å². The quantitative estimate of drug-likeness (QED) is 0.481. The Labute approximate surface area is 74.2 Å². The van der Waals surface area contributed by atoms with E-state index in [4.69, 9.17) is 9.84 Å². The number of aliphatic hydroxyl groups excluding tert-OH is 1. The molecule has 2 heteroatoms. The molecule has 0 aromatic heterocycles. The van der Waals surface area contributed by atoms with Crippen LogP contribution in [0.25, 0.3) is 0 Å². The average Bonchev–Trinajstić information content (AvgIpc) is 2.80. The molecule has 0 aromatic carbocycles. The van der Waals surface area contributed by atoms with Crippen molar-refractivity contribution in [3.05, 3.63) is 12.7 Å². The molecule has 2 unspecified atom stereocenters. The first-order valence-corrected chi connectivity index (χ1v) is 4.65. The second kappa shape index (κ2) is 4.06. The highest BCUT2D eigenvalue weighted by Gasteiger charge is 2.56. The van der Waals surface area contributed by atoms with Gasteiger partial charge in [0.2, 0.25) is 0 Å². The minimum Gasteiger partial charge on any atom is -0.393 e. The fourth-order valence-electron chi connectivity index (χ4n) is 1.76. The monoisotopic (exact) mass is 170 g/mol. The summed E-state index contributed by atoms with van der Waals surface area (Å²) in [5, 5.41) is 8.87. The van der Waals surface area contributed by atoms with Crippen molar-refractivity contribution in [2.24, 2.45) is 0 Å². The van der Waals surface area contributed by atoms with Crippen molar-refractivity contribution in [2.45, 2.75) is 44.3 Å². The maximum absolute atomic E-state index is 8.87. The van der Waals surface area contributed by atoms with Gasteiger partial charge in [-0.15, -0.1) is 6.58 Å². The van der Waals surface area contributed by atoms with E-state index in [-0.39, 0.29) is 12.2 Å². The molecule has 12 heavy (non-hydrogen) atoms. The smallest absolute Gasteiger partial charge is 0.118 e. The molecule has 2 atom stereocenters. The number of hydrogen-bond acceptors (Lipinski definition) is 2. The van der Waals surface area contributed by atoms with Gasteiger partial charge >= 0.3 is 0 Å². The Morgan fingerprint density at radius 3 is 2.75 bits per heavy atom. The molecule has 1 aliphatic carbocycles. The lowest BCUT2D eigenvalue weighted by Crippen LogP contribution is -2.23. The van der Waals surface area contributed by atoms with Crippen LogP contribution < -0.4 is 0 Å². The lowest BCUT2D eigenvalue weighted by Gasteiger charge is -2.12. The van der Waals surface area contributed by atoms with Gasteiger partial charge in [-0.3, -0.25) is 0 Å². The number of fused-ring (bicyclic) bond motifs is 1. The number of ether oxygens (including phenoxy) is 1. The third-order valence-corrected chi connectivity index (χ3v) is 2.49. The standard InChI is InChI=1S/C7H12O2.C3H6/c8-5-7-4-2-1-3-6(7)9-7;1-3-2/h6,8H,1-5H2;3H,1H2,2H3. The van der Waals surface area contributed by atoms with Crippen molar-refractivity contribution < 1.29 is 9.84 Å². The molecule has 0 amide bonds. The maximum Gasteiger partial charge on any atom is 0.118 e. The van der Waals surface area contributed by atoms with E-state index >= 15 is 0 Å². The Bertz CT molecular complexity index is 156. The predicted molar refractivity (Wildman–Crippen MR) is 49.0 cm³/mol. The number of epoxide rings is 1. The fourth-order valence-corrected chi connectivity index (χ4v) is 1.76. The summed E-state index contributed by atoms with van der Waals surface area (Å²) >= 11 is 0. The first-order chi connectivity index (χ1) is 5.79. The first-order valence-electron chi connectivity index (χ1n) is 4.65. The molecule has 0 radical (unpaired) electrons. The van der Waals surface area contributed by atoms with Crippen molar-refractivity contribution in [1.29, 1.82) is 0 Å². The molecule has 2 aliphatic rings. The third kappa shape index (κ3) is 1.87. The minimum atomic E-state index is -0.0573. The predicted octanol–water partition coefficient (Wildman–Crippen LogP) is 1.88. The summed E-state index contributed by atoms with van der Waals surface area (Å²) in [5.74, 6) is 0. The van der Waals surface area contributed by atoms with Gasteiger partial charge in [0.15, 0.2) is 0 Å².